The molecule has 3 aromatic rings. The summed E-state index contributed by atoms with van der Waals surface area (Å²) in [4.78, 5) is 27.8. The van der Waals surface area contributed by atoms with Gasteiger partial charge in [0.2, 0.25) is 5.91 Å². The maximum atomic E-state index is 12.7. The first-order valence-corrected chi connectivity index (χ1v) is 10.7. The lowest BCUT2D eigenvalue weighted by Gasteiger charge is -2.31. The van der Waals surface area contributed by atoms with E-state index in [0.717, 1.165) is 18.5 Å². The SMILES string of the molecule is O=C(Cn1ncc2ccccc2c1=O)NC[C@@H](c1ccccc1)N1CCCCCC1. The summed E-state index contributed by atoms with van der Waals surface area (Å²) in [6.07, 6.45) is 6.54. The lowest BCUT2D eigenvalue weighted by atomic mass is 10.0. The molecule has 30 heavy (non-hydrogen) atoms. The number of rotatable bonds is 6. The van der Waals surface area contributed by atoms with E-state index in [9.17, 15) is 9.59 Å². The van der Waals surface area contributed by atoms with Crippen molar-refractivity contribution in [1.29, 1.82) is 0 Å². The van der Waals surface area contributed by atoms with Crippen LogP contribution in [0, 0.1) is 0 Å². The van der Waals surface area contributed by atoms with Crippen LogP contribution in [0.3, 0.4) is 0 Å². The topological polar surface area (TPSA) is 67.2 Å². The van der Waals surface area contributed by atoms with Crippen LogP contribution in [0.25, 0.3) is 10.8 Å². The van der Waals surface area contributed by atoms with Crippen molar-refractivity contribution in [2.75, 3.05) is 19.6 Å². The molecule has 156 valence electrons. The number of likely N-dealkylation sites (tertiary alicyclic amines) is 1. The second-order valence-corrected chi connectivity index (χ2v) is 7.88. The van der Waals surface area contributed by atoms with Crippen LogP contribution in [-0.4, -0.2) is 40.2 Å². The third-order valence-corrected chi connectivity index (χ3v) is 5.81. The van der Waals surface area contributed by atoms with Crippen LogP contribution in [0.2, 0.25) is 0 Å². The Hall–Kier alpha value is -2.99. The molecule has 2 aromatic carbocycles. The van der Waals surface area contributed by atoms with Gasteiger partial charge in [-0.15, -0.1) is 0 Å². The number of benzene rings is 2. The minimum atomic E-state index is -0.240. The maximum Gasteiger partial charge on any atom is 0.275 e. The number of aromatic nitrogens is 2. The monoisotopic (exact) mass is 404 g/mol. The number of nitrogens with one attached hydrogen (secondary N) is 1. The van der Waals surface area contributed by atoms with E-state index in [0.29, 0.717) is 11.9 Å². The predicted molar refractivity (Wildman–Crippen MR) is 118 cm³/mol. The summed E-state index contributed by atoms with van der Waals surface area (Å²) in [6, 6.07) is 17.8. The molecule has 1 atom stereocenters. The first-order valence-electron chi connectivity index (χ1n) is 10.7. The fourth-order valence-corrected chi connectivity index (χ4v) is 4.18. The van der Waals surface area contributed by atoms with Crippen molar-refractivity contribution in [1.82, 2.24) is 20.0 Å². The Morgan fingerprint density at radius 1 is 0.967 bits per heavy atom. The highest BCUT2D eigenvalue weighted by molar-refractivity contribution is 5.81. The minimum absolute atomic E-state index is 0.0782. The quantitative estimate of drug-likeness (QED) is 0.685. The number of hydrogen-bond acceptors (Lipinski definition) is 4. The highest BCUT2D eigenvalue weighted by Gasteiger charge is 2.22. The summed E-state index contributed by atoms with van der Waals surface area (Å²) in [5, 5.41) is 8.57. The number of amides is 1. The number of hydrogen-bond donors (Lipinski definition) is 1. The molecular formula is C24H28N4O2. The molecule has 1 saturated heterocycles. The van der Waals surface area contributed by atoms with Crippen LogP contribution >= 0.6 is 0 Å². The molecule has 6 heteroatoms. The van der Waals surface area contributed by atoms with Crippen molar-refractivity contribution in [3.8, 4) is 0 Å². The molecule has 1 fully saturated rings. The van der Waals surface area contributed by atoms with Crippen LogP contribution in [0.4, 0.5) is 0 Å². The largest absolute Gasteiger partial charge is 0.353 e. The summed E-state index contributed by atoms with van der Waals surface area (Å²) < 4.78 is 1.24. The summed E-state index contributed by atoms with van der Waals surface area (Å²) in [6.45, 7) is 2.53. The Balaban J connectivity index is 1.46. The zero-order valence-corrected chi connectivity index (χ0v) is 17.2. The van der Waals surface area contributed by atoms with Gasteiger partial charge in [-0.1, -0.05) is 61.4 Å². The molecule has 6 nitrogen and oxygen atoms in total. The zero-order valence-electron chi connectivity index (χ0n) is 17.2. The van der Waals surface area contributed by atoms with Crippen molar-refractivity contribution in [3.05, 3.63) is 76.7 Å². The van der Waals surface area contributed by atoms with Crippen LogP contribution in [-0.2, 0) is 11.3 Å². The molecular weight excluding hydrogens is 376 g/mol. The third-order valence-electron chi connectivity index (χ3n) is 5.81. The van der Waals surface area contributed by atoms with Gasteiger partial charge in [0, 0.05) is 11.9 Å². The van der Waals surface area contributed by atoms with E-state index in [1.54, 1.807) is 12.3 Å². The predicted octanol–water partition coefficient (Wildman–Crippen LogP) is 3.13. The zero-order chi connectivity index (χ0) is 20.8. The number of fused-ring (bicyclic) bond motifs is 1. The molecule has 4 rings (SSSR count). The first-order chi connectivity index (χ1) is 14.7. The van der Waals surface area contributed by atoms with Gasteiger partial charge in [0.15, 0.2) is 0 Å². The summed E-state index contributed by atoms with van der Waals surface area (Å²) in [5.74, 6) is -0.198. The second kappa shape index (κ2) is 9.67. The van der Waals surface area contributed by atoms with Crippen LogP contribution in [0.15, 0.2) is 65.6 Å². The lowest BCUT2D eigenvalue weighted by Crippen LogP contribution is -2.40. The lowest BCUT2D eigenvalue weighted by molar-refractivity contribution is -0.122. The second-order valence-electron chi connectivity index (χ2n) is 7.88. The Kier molecular flexibility index (Phi) is 6.54. The van der Waals surface area contributed by atoms with Crippen molar-refractivity contribution >= 4 is 16.7 Å². The Morgan fingerprint density at radius 2 is 1.67 bits per heavy atom. The molecule has 1 amide bonds. The van der Waals surface area contributed by atoms with E-state index in [-0.39, 0.29) is 24.1 Å². The highest BCUT2D eigenvalue weighted by Crippen LogP contribution is 2.23. The summed E-state index contributed by atoms with van der Waals surface area (Å²) in [7, 11) is 0. The molecule has 2 heterocycles. The van der Waals surface area contributed by atoms with Gasteiger partial charge in [-0.3, -0.25) is 14.5 Å². The van der Waals surface area contributed by atoms with Crippen molar-refractivity contribution in [3.63, 3.8) is 0 Å². The minimum Gasteiger partial charge on any atom is -0.353 e. The smallest absolute Gasteiger partial charge is 0.275 e. The number of carbonyl (C=O) groups is 1. The summed E-state index contributed by atoms with van der Waals surface area (Å²) in [5.41, 5.74) is 0.969. The van der Waals surface area contributed by atoms with Crippen molar-refractivity contribution < 1.29 is 4.79 Å². The van der Waals surface area contributed by atoms with Crippen LogP contribution < -0.4 is 10.9 Å². The first kappa shape index (κ1) is 20.3. The van der Waals surface area contributed by atoms with Gasteiger partial charge < -0.3 is 5.32 Å². The van der Waals surface area contributed by atoms with Gasteiger partial charge >= 0.3 is 0 Å². The van der Waals surface area contributed by atoms with Gasteiger partial charge in [0.05, 0.1) is 17.6 Å². The van der Waals surface area contributed by atoms with E-state index >= 15 is 0 Å². The van der Waals surface area contributed by atoms with Gasteiger partial charge in [0.1, 0.15) is 6.54 Å². The standard InChI is InChI=1S/C24H28N4O2/c29-23(18-28-24(30)21-13-7-6-12-20(21)16-26-28)25-17-22(19-10-4-3-5-11-19)27-14-8-1-2-9-15-27/h3-7,10-13,16,22H,1-2,8-9,14-15,17-18H2,(H,25,29)/t22-/m0/s1. The third kappa shape index (κ3) is 4.76. The Labute approximate surface area is 176 Å². The summed E-state index contributed by atoms with van der Waals surface area (Å²) >= 11 is 0. The molecule has 1 aliphatic rings. The van der Waals surface area contributed by atoms with Gasteiger partial charge in [-0.25, -0.2) is 4.68 Å². The number of nitrogens with zero attached hydrogens (tertiary/aromatic N) is 3. The van der Waals surface area contributed by atoms with E-state index in [1.807, 2.05) is 36.4 Å². The molecule has 1 aromatic heterocycles. The Bertz CT molecular complexity index is 1040. The number of carbonyl (C=O) groups excluding carboxylic acids is 1. The molecule has 0 saturated carbocycles. The van der Waals surface area contributed by atoms with Gasteiger partial charge in [0.25, 0.3) is 5.56 Å². The van der Waals surface area contributed by atoms with E-state index in [4.69, 9.17) is 0 Å². The average Bonchev–Trinajstić information content (AvgIpc) is 3.06. The fourth-order valence-electron chi connectivity index (χ4n) is 4.18. The molecule has 1 N–H and O–H groups in total. The van der Waals surface area contributed by atoms with Gasteiger partial charge in [-0.2, -0.15) is 5.10 Å². The highest BCUT2D eigenvalue weighted by atomic mass is 16.2. The van der Waals surface area contributed by atoms with E-state index in [2.05, 4.69) is 27.4 Å². The van der Waals surface area contributed by atoms with Crippen molar-refractivity contribution in [2.45, 2.75) is 38.3 Å². The molecule has 0 spiro atoms. The molecule has 0 unspecified atom stereocenters. The molecule has 0 aliphatic carbocycles. The Morgan fingerprint density at radius 3 is 2.43 bits per heavy atom. The molecule has 1 aliphatic heterocycles. The molecule has 0 bridgehead atoms. The van der Waals surface area contributed by atoms with Gasteiger partial charge in [-0.05, 0) is 37.6 Å². The van der Waals surface area contributed by atoms with E-state index < -0.39 is 0 Å². The van der Waals surface area contributed by atoms with Crippen molar-refractivity contribution in [2.24, 2.45) is 0 Å². The van der Waals surface area contributed by atoms with Crippen LogP contribution in [0.5, 0.6) is 0 Å². The maximum absolute atomic E-state index is 12.7. The van der Waals surface area contributed by atoms with Crippen LogP contribution in [0.1, 0.15) is 37.3 Å². The van der Waals surface area contributed by atoms with E-state index in [1.165, 1.54) is 35.9 Å². The molecule has 0 radical (unpaired) electrons. The average molecular weight is 405 g/mol. The fraction of sp³-hybridized carbons (Fsp3) is 0.375. The normalized spacial score (nSPS) is 16.1.